The van der Waals surface area contributed by atoms with Crippen molar-refractivity contribution in [3.8, 4) is 0 Å². The van der Waals surface area contributed by atoms with Crippen molar-refractivity contribution in [2.75, 3.05) is 13.2 Å². The van der Waals surface area contributed by atoms with Crippen molar-refractivity contribution in [3.63, 3.8) is 0 Å². The fourth-order valence-electron chi connectivity index (χ4n) is 2.23. The molecule has 0 aromatic heterocycles. The standard InChI is InChI=1S/C17H26N2O4/c1-3-4-5-6-7-14(2)18-12-13-23-17(20)15-8-10-16(11-9-15)19(21)22/h8-11,14,18H,3-7,12-13H2,1-2H3. The first-order chi connectivity index (χ1) is 11.0. The van der Waals surface area contributed by atoms with Crippen LogP contribution in [0.15, 0.2) is 24.3 Å². The molecule has 128 valence electrons. The molecule has 1 atom stereocenters. The van der Waals surface area contributed by atoms with Gasteiger partial charge in [-0.3, -0.25) is 10.1 Å². The second kappa shape index (κ2) is 10.7. The highest BCUT2D eigenvalue weighted by Crippen LogP contribution is 2.12. The fraction of sp³-hybridized carbons (Fsp3) is 0.588. The molecule has 1 unspecified atom stereocenters. The summed E-state index contributed by atoms with van der Waals surface area (Å²) >= 11 is 0. The van der Waals surface area contributed by atoms with Crippen molar-refractivity contribution in [2.45, 2.75) is 52.0 Å². The molecular weight excluding hydrogens is 296 g/mol. The Bertz CT molecular complexity index is 488. The van der Waals surface area contributed by atoms with E-state index in [4.69, 9.17) is 4.74 Å². The van der Waals surface area contributed by atoms with E-state index in [1.807, 2.05) is 0 Å². The molecule has 0 saturated carbocycles. The van der Waals surface area contributed by atoms with Crippen molar-refractivity contribution in [3.05, 3.63) is 39.9 Å². The number of ether oxygens (including phenoxy) is 1. The first-order valence-corrected chi connectivity index (χ1v) is 8.19. The molecule has 6 heteroatoms. The minimum atomic E-state index is -0.499. The second-order valence-corrected chi connectivity index (χ2v) is 5.64. The van der Waals surface area contributed by atoms with Crippen LogP contribution < -0.4 is 5.32 Å². The molecule has 6 nitrogen and oxygen atoms in total. The predicted octanol–water partition coefficient (Wildman–Crippen LogP) is 3.70. The van der Waals surface area contributed by atoms with Crippen LogP contribution in [-0.2, 0) is 4.74 Å². The summed E-state index contributed by atoms with van der Waals surface area (Å²) in [5, 5.41) is 13.9. The number of nitro benzene ring substituents is 1. The van der Waals surface area contributed by atoms with Crippen LogP contribution in [-0.4, -0.2) is 30.1 Å². The van der Waals surface area contributed by atoms with Gasteiger partial charge in [0.05, 0.1) is 10.5 Å². The zero-order valence-corrected chi connectivity index (χ0v) is 13.9. The molecule has 0 heterocycles. The molecule has 1 aromatic carbocycles. The quantitative estimate of drug-likeness (QED) is 0.291. The molecule has 0 fully saturated rings. The number of nitrogens with one attached hydrogen (secondary N) is 1. The number of benzene rings is 1. The van der Waals surface area contributed by atoms with Gasteiger partial charge in [0.1, 0.15) is 6.61 Å². The third-order valence-electron chi connectivity index (χ3n) is 3.63. The van der Waals surface area contributed by atoms with Gasteiger partial charge in [-0.05, 0) is 25.5 Å². The Morgan fingerprint density at radius 1 is 1.26 bits per heavy atom. The zero-order valence-electron chi connectivity index (χ0n) is 13.9. The Labute approximate surface area is 137 Å². The van der Waals surface area contributed by atoms with E-state index in [1.54, 1.807) is 0 Å². The first-order valence-electron chi connectivity index (χ1n) is 8.19. The monoisotopic (exact) mass is 322 g/mol. The van der Waals surface area contributed by atoms with E-state index in [-0.39, 0.29) is 12.3 Å². The van der Waals surface area contributed by atoms with Crippen LogP contribution in [0.5, 0.6) is 0 Å². The Morgan fingerprint density at radius 3 is 2.57 bits per heavy atom. The number of unbranched alkanes of at least 4 members (excludes halogenated alkanes) is 3. The molecule has 1 aromatic rings. The third-order valence-corrected chi connectivity index (χ3v) is 3.63. The van der Waals surface area contributed by atoms with Gasteiger partial charge in [-0.1, -0.05) is 32.6 Å². The Balaban J connectivity index is 2.19. The SMILES string of the molecule is CCCCCCC(C)NCCOC(=O)c1ccc([N+](=O)[O-])cc1. The number of nitro groups is 1. The van der Waals surface area contributed by atoms with Crippen LogP contribution >= 0.6 is 0 Å². The van der Waals surface area contributed by atoms with E-state index in [9.17, 15) is 14.9 Å². The van der Waals surface area contributed by atoms with Crippen molar-refractivity contribution >= 4 is 11.7 Å². The minimum absolute atomic E-state index is 0.0416. The van der Waals surface area contributed by atoms with Gasteiger partial charge in [0.25, 0.3) is 5.69 Å². The highest BCUT2D eigenvalue weighted by molar-refractivity contribution is 5.89. The van der Waals surface area contributed by atoms with Crippen LogP contribution in [0.25, 0.3) is 0 Å². The molecule has 0 aliphatic heterocycles. The number of hydrogen-bond acceptors (Lipinski definition) is 5. The highest BCUT2D eigenvalue weighted by atomic mass is 16.6. The van der Waals surface area contributed by atoms with Crippen LogP contribution in [0.4, 0.5) is 5.69 Å². The van der Waals surface area contributed by atoms with Gasteiger partial charge in [-0.25, -0.2) is 4.79 Å². The Kier molecular flexibility index (Phi) is 8.90. The van der Waals surface area contributed by atoms with Gasteiger partial charge >= 0.3 is 5.97 Å². The minimum Gasteiger partial charge on any atom is -0.461 e. The van der Waals surface area contributed by atoms with E-state index in [2.05, 4.69) is 19.2 Å². The van der Waals surface area contributed by atoms with E-state index in [0.29, 0.717) is 18.2 Å². The van der Waals surface area contributed by atoms with Gasteiger partial charge in [-0.15, -0.1) is 0 Å². The molecule has 1 N–H and O–H groups in total. The van der Waals surface area contributed by atoms with Gasteiger partial charge < -0.3 is 10.1 Å². The average Bonchev–Trinajstić information content (AvgIpc) is 2.55. The van der Waals surface area contributed by atoms with Crippen molar-refractivity contribution < 1.29 is 14.5 Å². The maximum Gasteiger partial charge on any atom is 0.338 e. The van der Waals surface area contributed by atoms with E-state index >= 15 is 0 Å². The average molecular weight is 322 g/mol. The number of non-ortho nitro benzene ring substituents is 1. The number of esters is 1. The van der Waals surface area contributed by atoms with Crippen LogP contribution in [0, 0.1) is 10.1 Å². The van der Waals surface area contributed by atoms with Crippen molar-refractivity contribution in [1.29, 1.82) is 0 Å². The number of nitrogens with zero attached hydrogens (tertiary/aromatic N) is 1. The number of hydrogen-bond donors (Lipinski definition) is 1. The second-order valence-electron chi connectivity index (χ2n) is 5.64. The molecule has 0 radical (unpaired) electrons. The summed E-state index contributed by atoms with van der Waals surface area (Å²) in [6.45, 7) is 5.22. The molecule has 0 amide bonds. The summed E-state index contributed by atoms with van der Waals surface area (Å²) < 4.78 is 5.15. The van der Waals surface area contributed by atoms with Crippen molar-refractivity contribution in [2.24, 2.45) is 0 Å². The lowest BCUT2D eigenvalue weighted by Crippen LogP contribution is -2.30. The smallest absolute Gasteiger partial charge is 0.338 e. The highest BCUT2D eigenvalue weighted by Gasteiger charge is 2.10. The topological polar surface area (TPSA) is 81.5 Å². The van der Waals surface area contributed by atoms with Gasteiger partial charge in [0, 0.05) is 24.7 Å². The molecule has 0 bridgehead atoms. The molecule has 0 saturated heterocycles. The summed E-state index contributed by atoms with van der Waals surface area (Å²) in [4.78, 5) is 21.8. The Hall–Kier alpha value is -1.95. The van der Waals surface area contributed by atoms with Crippen LogP contribution in [0.3, 0.4) is 0 Å². The lowest BCUT2D eigenvalue weighted by molar-refractivity contribution is -0.384. The lowest BCUT2D eigenvalue weighted by atomic mass is 10.1. The van der Waals surface area contributed by atoms with Crippen molar-refractivity contribution in [1.82, 2.24) is 5.32 Å². The van der Waals surface area contributed by atoms with Gasteiger partial charge in [0.15, 0.2) is 0 Å². The fourth-order valence-corrected chi connectivity index (χ4v) is 2.23. The summed E-state index contributed by atoms with van der Waals surface area (Å²) in [6, 6.07) is 5.82. The Morgan fingerprint density at radius 2 is 1.96 bits per heavy atom. The molecular formula is C17H26N2O4. The number of rotatable bonds is 11. The molecule has 0 aliphatic rings. The van der Waals surface area contributed by atoms with Crippen LogP contribution in [0.2, 0.25) is 0 Å². The largest absolute Gasteiger partial charge is 0.461 e. The zero-order chi connectivity index (χ0) is 17.1. The summed E-state index contributed by atoms with van der Waals surface area (Å²) in [7, 11) is 0. The molecule has 1 rings (SSSR count). The maximum atomic E-state index is 11.8. The summed E-state index contributed by atoms with van der Waals surface area (Å²) in [6.07, 6.45) is 6.11. The molecule has 23 heavy (non-hydrogen) atoms. The van der Waals surface area contributed by atoms with Gasteiger partial charge in [-0.2, -0.15) is 0 Å². The maximum absolute atomic E-state index is 11.8. The third kappa shape index (κ3) is 7.74. The molecule has 0 spiro atoms. The normalized spacial score (nSPS) is 11.9. The lowest BCUT2D eigenvalue weighted by Gasteiger charge is -2.13. The van der Waals surface area contributed by atoms with Gasteiger partial charge in [0.2, 0.25) is 0 Å². The molecule has 0 aliphatic carbocycles. The summed E-state index contributed by atoms with van der Waals surface area (Å²) in [5.74, 6) is -0.461. The van der Waals surface area contributed by atoms with E-state index in [1.165, 1.54) is 49.9 Å². The number of carbonyl (C=O) groups is 1. The first kappa shape index (κ1) is 19.1. The van der Waals surface area contributed by atoms with Crippen LogP contribution in [0.1, 0.15) is 56.3 Å². The number of carbonyl (C=O) groups excluding carboxylic acids is 1. The van der Waals surface area contributed by atoms with E-state index in [0.717, 1.165) is 6.42 Å². The van der Waals surface area contributed by atoms with E-state index < -0.39 is 10.9 Å². The predicted molar refractivity (Wildman–Crippen MR) is 89.6 cm³/mol. The summed E-state index contributed by atoms with van der Waals surface area (Å²) in [5.41, 5.74) is 0.281.